The highest BCUT2D eigenvalue weighted by atomic mass is 35.5. The van der Waals surface area contributed by atoms with Gasteiger partial charge in [0.2, 0.25) is 5.88 Å². The normalized spacial score (nSPS) is 10.3. The van der Waals surface area contributed by atoms with Crippen molar-refractivity contribution in [3.63, 3.8) is 0 Å². The molecule has 0 aromatic carbocycles. The van der Waals surface area contributed by atoms with Gasteiger partial charge in [-0.05, 0) is 30.1 Å². The molecule has 1 N–H and O–H groups in total. The Morgan fingerprint density at radius 1 is 1.42 bits per heavy atom. The van der Waals surface area contributed by atoms with Crippen molar-refractivity contribution in [2.45, 2.75) is 6.92 Å². The van der Waals surface area contributed by atoms with Gasteiger partial charge in [0, 0.05) is 11.6 Å². The minimum Gasteiger partial charge on any atom is -0.480 e. The molecule has 0 aliphatic carbocycles. The van der Waals surface area contributed by atoms with Gasteiger partial charge in [-0.25, -0.2) is 4.98 Å². The van der Waals surface area contributed by atoms with Crippen molar-refractivity contribution in [1.29, 1.82) is 0 Å². The fourth-order valence-corrected chi connectivity index (χ4v) is 2.41. The molecule has 100 valence electrons. The molecule has 0 saturated carbocycles. The summed E-state index contributed by atoms with van der Waals surface area (Å²) in [6.45, 7) is 1.70. The standard InChI is InChI=1S/C11H9Cl2N3O2S/c1-5-6(3-7(12)14-10(5)13)11(17)15-9-4-8(18-2)16-19-9/h3-4H,1-2H3,(H,15,17). The SMILES string of the molecule is COc1cc(NC(=O)c2cc(Cl)nc(Cl)c2C)sn1. The lowest BCUT2D eigenvalue weighted by Crippen LogP contribution is -2.13. The summed E-state index contributed by atoms with van der Waals surface area (Å²) < 4.78 is 8.92. The number of nitrogens with zero attached hydrogens (tertiary/aromatic N) is 2. The summed E-state index contributed by atoms with van der Waals surface area (Å²) in [5.41, 5.74) is 0.942. The van der Waals surface area contributed by atoms with E-state index in [4.69, 9.17) is 27.9 Å². The van der Waals surface area contributed by atoms with Crippen LogP contribution < -0.4 is 10.1 Å². The highest BCUT2D eigenvalue weighted by Crippen LogP contribution is 2.25. The second-order valence-corrected chi connectivity index (χ2v) is 5.15. The molecule has 8 heteroatoms. The average Bonchev–Trinajstić information content (AvgIpc) is 2.81. The van der Waals surface area contributed by atoms with Gasteiger partial charge in [-0.15, -0.1) is 0 Å². The van der Waals surface area contributed by atoms with Gasteiger partial charge in [-0.3, -0.25) is 4.79 Å². The number of nitrogens with one attached hydrogen (secondary N) is 1. The minimum atomic E-state index is -0.324. The molecule has 0 radical (unpaired) electrons. The van der Waals surface area contributed by atoms with Gasteiger partial charge in [0.1, 0.15) is 15.3 Å². The number of carbonyl (C=O) groups is 1. The fourth-order valence-electron chi connectivity index (χ4n) is 1.38. The predicted molar refractivity (Wildman–Crippen MR) is 75.6 cm³/mol. The first-order chi connectivity index (χ1) is 9.01. The van der Waals surface area contributed by atoms with E-state index < -0.39 is 0 Å². The molecule has 0 spiro atoms. The van der Waals surface area contributed by atoms with E-state index in [-0.39, 0.29) is 16.2 Å². The van der Waals surface area contributed by atoms with Crippen molar-refractivity contribution in [2.75, 3.05) is 12.4 Å². The number of halogens is 2. The zero-order valence-electron chi connectivity index (χ0n) is 10.0. The molecule has 2 heterocycles. The molecule has 2 aromatic rings. The van der Waals surface area contributed by atoms with Gasteiger partial charge in [0.25, 0.3) is 5.91 Å². The number of pyridine rings is 1. The van der Waals surface area contributed by atoms with E-state index in [9.17, 15) is 4.79 Å². The van der Waals surface area contributed by atoms with Gasteiger partial charge >= 0.3 is 0 Å². The molecule has 0 aliphatic rings. The van der Waals surface area contributed by atoms with Crippen LogP contribution in [0.4, 0.5) is 5.00 Å². The smallest absolute Gasteiger partial charge is 0.256 e. The third kappa shape index (κ3) is 3.15. The van der Waals surface area contributed by atoms with E-state index in [0.29, 0.717) is 22.0 Å². The van der Waals surface area contributed by atoms with Crippen molar-refractivity contribution in [1.82, 2.24) is 9.36 Å². The molecule has 19 heavy (non-hydrogen) atoms. The van der Waals surface area contributed by atoms with Gasteiger partial charge in [-0.2, -0.15) is 4.37 Å². The molecule has 0 atom stereocenters. The van der Waals surface area contributed by atoms with Crippen LogP contribution in [-0.4, -0.2) is 22.4 Å². The van der Waals surface area contributed by atoms with Crippen LogP contribution in [0.5, 0.6) is 5.88 Å². The lowest BCUT2D eigenvalue weighted by molar-refractivity contribution is 0.102. The summed E-state index contributed by atoms with van der Waals surface area (Å²) >= 11 is 12.8. The van der Waals surface area contributed by atoms with E-state index in [0.717, 1.165) is 11.5 Å². The summed E-state index contributed by atoms with van der Waals surface area (Å²) in [6, 6.07) is 3.10. The first kappa shape index (κ1) is 14.0. The zero-order chi connectivity index (χ0) is 14.0. The van der Waals surface area contributed by atoms with Gasteiger partial charge in [0.15, 0.2) is 0 Å². The largest absolute Gasteiger partial charge is 0.480 e. The second kappa shape index (κ2) is 5.73. The maximum absolute atomic E-state index is 12.1. The molecule has 0 saturated heterocycles. The van der Waals surface area contributed by atoms with Crippen molar-refractivity contribution in [2.24, 2.45) is 0 Å². The summed E-state index contributed by atoms with van der Waals surface area (Å²) in [5, 5.41) is 3.65. The summed E-state index contributed by atoms with van der Waals surface area (Å²) in [6.07, 6.45) is 0. The Morgan fingerprint density at radius 2 is 2.16 bits per heavy atom. The van der Waals surface area contributed by atoms with E-state index in [1.807, 2.05) is 0 Å². The van der Waals surface area contributed by atoms with Crippen LogP contribution in [0.2, 0.25) is 10.3 Å². The van der Waals surface area contributed by atoms with Crippen molar-refractivity contribution < 1.29 is 9.53 Å². The summed E-state index contributed by atoms with van der Waals surface area (Å²) in [5.74, 6) is 0.123. The van der Waals surface area contributed by atoms with E-state index in [1.54, 1.807) is 13.0 Å². The Kier molecular flexibility index (Phi) is 4.24. The lowest BCUT2D eigenvalue weighted by atomic mass is 10.1. The maximum Gasteiger partial charge on any atom is 0.256 e. The Balaban J connectivity index is 2.25. The number of ether oxygens (including phenoxy) is 1. The fraction of sp³-hybridized carbons (Fsp3) is 0.182. The Hall–Kier alpha value is -1.37. The minimum absolute atomic E-state index is 0.169. The first-order valence-corrected chi connectivity index (χ1v) is 6.69. The summed E-state index contributed by atoms with van der Waals surface area (Å²) in [4.78, 5) is 16.0. The Bertz CT molecular complexity index is 630. The lowest BCUT2D eigenvalue weighted by Gasteiger charge is -2.07. The number of anilines is 1. The Morgan fingerprint density at radius 3 is 2.79 bits per heavy atom. The van der Waals surface area contributed by atoms with Crippen molar-refractivity contribution >= 4 is 45.6 Å². The van der Waals surface area contributed by atoms with Crippen molar-refractivity contribution in [3.05, 3.63) is 33.6 Å². The molecule has 2 rings (SSSR count). The zero-order valence-corrected chi connectivity index (χ0v) is 12.4. The third-order valence-corrected chi connectivity index (χ3v) is 3.61. The van der Waals surface area contributed by atoms with E-state index in [1.165, 1.54) is 13.2 Å². The molecule has 0 bridgehead atoms. The number of hydrogen-bond acceptors (Lipinski definition) is 5. The number of methoxy groups -OCH3 is 1. The molecule has 2 aromatic heterocycles. The van der Waals surface area contributed by atoms with Crippen molar-refractivity contribution in [3.8, 4) is 5.88 Å². The number of amides is 1. The highest BCUT2D eigenvalue weighted by Gasteiger charge is 2.15. The molecular formula is C11H9Cl2N3O2S. The molecular weight excluding hydrogens is 309 g/mol. The van der Waals surface area contributed by atoms with Crippen LogP contribution in [0.25, 0.3) is 0 Å². The maximum atomic E-state index is 12.1. The number of hydrogen-bond donors (Lipinski definition) is 1. The molecule has 0 unspecified atom stereocenters. The number of carbonyl (C=O) groups excluding carboxylic acids is 1. The first-order valence-electron chi connectivity index (χ1n) is 5.16. The topological polar surface area (TPSA) is 64.1 Å². The highest BCUT2D eigenvalue weighted by molar-refractivity contribution is 7.10. The molecule has 0 fully saturated rings. The molecule has 0 aliphatic heterocycles. The van der Waals surface area contributed by atoms with Crippen LogP contribution in [0.3, 0.4) is 0 Å². The molecule has 1 amide bonds. The number of rotatable bonds is 3. The van der Waals surface area contributed by atoms with Crippen LogP contribution in [0, 0.1) is 6.92 Å². The second-order valence-electron chi connectivity index (χ2n) is 3.60. The third-order valence-electron chi connectivity index (χ3n) is 2.36. The van der Waals surface area contributed by atoms with E-state index >= 15 is 0 Å². The predicted octanol–water partition coefficient (Wildman–Crippen LogP) is 3.41. The number of aromatic nitrogens is 2. The summed E-state index contributed by atoms with van der Waals surface area (Å²) in [7, 11) is 1.51. The van der Waals surface area contributed by atoms with Gasteiger partial charge < -0.3 is 10.1 Å². The van der Waals surface area contributed by atoms with Crippen LogP contribution >= 0.6 is 34.7 Å². The average molecular weight is 318 g/mol. The van der Waals surface area contributed by atoms with E-state index in [2.05, 4.69) is 14.7 Å². The monoisotopic (exact) mass is 317 g/mol. The van der Waals surface area contributed by atoms with Crippen LogP contribution in [0.1, 0.15) is 15.9 Å². The quantitative estimate of drug-likeness (QED) is 0.881. The van der Waals surface area contributed by atoms with Crippen LogP contribution in [0.15, 0.2) is 12.1 Å². The Labute approximate surface area is 123 Å². The molecule has 5 nitrogen and oxygen atoms in total. The van der Waals surface area contributed by atoms with Gasteiger partial charge in [0.05, 0.1) is 7.11 Å². The van der Waals surface area contributed by atoms with Crippen LogP contribution in [-0.2, 0) is 0 Å². The van der Waals surface area contributed by atoms with Gasteiger partial charge in [-0.1, -0.05) is 23.2 Å².